The molecular formula is C17H24O3S. The maximum Gasteiger partial charge on any atom is 0.156 e. The van der Waals surface area contributed by atoms with Crippen LogP contribution in [0.3, 0.4) is 0 Å². The molecule has 2 fully saturated rings. The van der Waals surface area contributed by atoms with E-state index in [-0.39, 0.29) is 15.9 Å². The highest BCUT2D eigenvalue weighted by molar-refractivity contribution is 7.93. The summed E-state index contributed by atoms with van der Waals surface area (Å²) < 4.78 is 24.4. The molecule has 0 radical (unpaired) electrons. The van der Waals surface area contributed by atoms with Crippen LogP contribution in [0.15, 0.2) is 24.3 Å². The number of aliphatic hydroxyl groups is 1. The van der Waals surface area contributed by atoms with Gasteiger partial charge in [-0.1, -0.05) is 45.0 Å². The summed E-state index contributed by atoms with van der Waals surface area (Å²) in [6, 6.07) is 8.03. The second-order valence-electron chi connectivity index (χ2n) is 7.68. The summed E-state index contributed by atoms with van der Waals surface area (Å²) in [5, 5.41) is 10.4. The van der Waals surface area contributed by atoms with Crippen molar-refractivity contribution in [3.8, 4) is 0 Å². The van der Waals surface area contributed by atoms with Gasteiger partial charge in [0.1, 0.15) is 0 Å². The highest BCUT2D eigenvalue weighted by Crippen LogP contribution is 2.47. The molecule has 2 heterocycles. The van der Waals surface area contributed by atoms with Crippen LogP contribution in [0.5, 0.6) is 0 Å². The minimum Gasteiger partial charge on any atom is -0.385 e. The fourth-order valence-electron chi connectivity index (χ4n) is 3.76. The van der Waals surface area contributed by atoms with Gasteiger partial charge in [-0.05, 0) is 42.2 Å². The molecular weight excluding hydrogens is 284 g/mol. The van der Waals surface area contributed by atoms with Crippen molar-refractivity contribution < 1.29 is 13.5 Å². The molecule has 3 rings (SSSR count). The zero-order chi connectivity index (χ0) is 15.5. The molecule has 2 unspecified atom stereocenters. The lowest BCUT2D eigenvalue weighted by molar-refractivity contribution is 0.0172. The Kier molecular flexibility index (Phi) is 3.27. The van der Waals surface area contributed by atoms with Crippen LogP contribution < -0.4 is 0 Å². The Morgan fingerprint density at radius 3 is 2.24 bits per heavy atom. The van der Waals surface area contributed by atoms with Crippen molar-refractivity contribution in [2.75, 3.05) is 0 Å². The number of hydrogen-bond acceptors (Lipinski definition) is 3. The van der Waals surface area contributed by atoms with Gasteiger partial charge in [-0.25, -0.2) is 8.42 Å². The third kappa shape index (κ3) is 2.42. The van der Waals surface area contributed by atoms with Crippen molar-refractivity contribution in [3.63, 3.8) is 0 Å². The fraction of sp³-hybridized carbons (Fsp3) is 0.647. The van der Waals surface area contributed by atoms with Crippen molar-refractivity contribution in [2.45, 2.75) is 68.0 Å². The van der Waals surface area contributed by atoms with Crippen LogP contribution >= 0.6 is 0 Å². The normalized spacial score (nSPS) is 34.9. The molecule has 2 aliphatic heterocycles. The Bertz CT molecular complexity index is 635. The first-order chi connectivity index (χ1) is 9.63. The summed E-state index contributed by atoms with van der Waals surface area (Å²) >= 11 is 0. The van der Waals surface area contributed by atoms with Gasteiger partial charge in [0.15, 0.2) is 9.84 Å². The van der Waals surface area contributed by atoms with Gasteiger partial charge >= 0.3 is 0 Å². The van der Waals surface area contributed by atoms with E-state index < -0.39 is 15.4 Å². The molecule has 2 aliphatic rings. The lowest BCUT2D eigenvalue weighted by Crippen LogP contribution is -2.43. The van der Waals surface area contributed by atoms with Crippen LogP contribution in [0.25, 0.3) is 0 Å². The quantitative estimate of drug-likeness (QED) is 0.868. The Morgan fingerprint density at radius 1 is 1.14 bits per heavy atom. The maximum atomic E-state index is 12.2. The SMILES string of the molecule is CC(C)(C)c1cccc(C2(O)CC3CCC(C2)S3(=O)=O)c1. The highest BCUT2D eigenvalue weighted by Gasteiger charge is 2.53. The zero-order valence-corrected chi connectivity index (χ0v) is 13.8. The molecule has 2 bridgehead atoms. The average molecular weight is 308 g/mol. The van der Waals surface area contributed by atoms with E-state index in [0.29, 0.717) is 25.7 Å². The van der Waals surface area contributed by atoms with Crippen LogP contribution in [-0.4, -0.2) is 24.0 Å². The minimum absolute atomic E-state index is 0.0199. The van der Waals surface area contributed by atoms with E-state index in [1.807, 2.05) is 12.1 Å². The molecule has 0 aromatic heterocycles. The summed E-state index contributed by atoms with van der Waals surface area (Å²) in [6.07, 6.45) is 2.10. The predicted octanol–water partition coefficient (Wildman–Crippen LogP) is 2.91. The minimum atomic E-state index is -3.01. The summed E-state index contributed by atoms with van der Waals surface area (Å²) in [4.78, 5) is 0. The first-order valence-electron chi connectivity index (χ1n) is 7.69. The maximum absolute atomic E-state index is 12.2. The lowest BCUT2D eigenvalue weighted by atomic mass is 9.81. The lowest BCUT2D eigenvalue weighted by Gasteiger charge is -2.37. The van der Waals surface area contributed by atoms with E-state index in [2.05, 4.69) is 32.9 Å². The predicted molar refractivity (Wildman–Crippen MR) is 84.0 cm³/mol. The van der Waals surface area contributed by atoms with Gasteiger partial charge < -0.3 is 5.11 Å². The average Bonchev–Trinajstić information content (AvgIpc) is 2.58. The van der Waals surface area contributed by atoms with E-state index in [0.717, 1.165) is 5.56 Å². The van der Waals surface area contributed by atoms with Crippen LogP contribution in [0.4, 0.5) is 0 Å². The van der Waals surface area contributed by atoms with Gasteiger partial charge in [0, 0.05) is 0 Å². The van der Waals surface area contributed by atoms with E-state index in [1.165, 1.54) is 5.56 Å². The fourth-order valence-corrected chi connectivity index (χ4v) is 6.25. The van der Waals surface area contributed by atoms with Crippen molar-refractivity contribution in [1.82, 2.24) is 0 Å². The topological polar surface area (TPSA) is 54.4 Å². The van der Waals surface area contributed by atoms with Gasteiger partial charge in [-0.3, -0.25) is 0 Å². The van der Waals surface area contributed by atoms with E-state index >= 15 is 0 Å². The third-order valence-electron chi connectivity index (χ3n) is 5.14. The molecule has 21 heavy (non-hydrogen) atoms. The summed E-state index contributed by atoms with van der Waals surface area (Å²) in [5.41, 5.74) is 1.08. The molecule has 116 valence electrons. The van der Waals surface area contributed by atoms with Crippen molar-refractivity contribution in [3.05, 3.63) is 35.4 Å². The van der Waals surface area contributed by atoms with Gasteiger partial charge in [0.25, 0.3) is 0 Å². The Balaban J connectivity index is 1.98. The largest absolute Gasteiger partial charge is 0.385 e. The van der Waals surface area contributed by atoms with Crippen LogP contribution in [0.2, 0.25) is 0 Å². The summed E-state index contributed by atoms with van der Waals surface area (Å²) in [7, 11) is -3.01. The first-order valence-corrected chi connectivity index (χ1v) is 9.30. The molecule has 1 aromatic carbocycles. The molecule has 0 aliphatic carbocycles. The number of sulfone groups is 1. The Labute approximate surface area is 127 Å². The molecule has 2 saturated heterocycles. The highest BCUT2D eigenvalue weighted by atomic mass is 32.2. The molecule has 1 aromatic rings. The molecule has 1 N–H and O–H groups in total. The smallest absolute Gasteiger partial charge is 0.156 e. The van der Waals surface area contributed by atoms with Gasteiger partial charge in [0.2, 0.25) is 0 Å². The molecule has 3 nitrogen and oxygen atoms in total. The number of hydrogen-bond donors (Lipinski definition) is 1. The third-order valence-corrected chi connectivity index (χ3v) is 7.80. The van der Waals surface area contributed by atoms with Crippen LogP contribution in [0, 0.1) is 0 Å². The van der Waals surface area contributed by atoms with Crippen molar-refractivity contribution in [2.24, 2.45) is 0 Å². The standard InChI is InChI=1S/C17H24O3S/c1-16(2,3)12-5-4-6-13(9-12)17(18)10-14-7-8-15(11-17)21(14,19)20/h4-6,9,14-15,18H,7-8,10-11H2,1-3H3. The molecule has 2 atom stereocenters. The van der Waals surface area contributed by atoms with E-state index in [4.69, 9.17) is 0 Å². The number of benzene rings is 1. The van der Waals surface area contributed by atoms with Gasteiger partial charge in [0.05, 0.1) is 16.1 Å². The molecule has 0 spiro atoms. The number of rotatable bonds is 1. The summed E-state index contributed by atoms with van der Waals surface area (Å²) in [5.74, 6) is 0. The van der Waals surface area contributed by atoms with Crippen molar-refractivity contribution in [1.29, 1.82) is 0 Å². The van der Waals surface area contributed by atoms with Crippen LogP contribution in [0.1, 0.15) is 57.6 Å². The molecule has 4 heteroatoms. The first kappa shape index (κ1) is 15.0. The van der Waals surface area contributed by atoms with Crippen molar-refractivity contribution >= 4 is 9.84 Å². The van der Waals surface area contributed by atoms with E-state index in [1.54, 1.807) is 0 Å². The molecule has 0 amide bonds. The summed E-state index contributed by atoms with van der Waals surface area (Å²) in [6.45, 7) is 6.43. The second kappa shape index (κ2) is 4.56. The zero-order valence-electron chi connectivity index (χ0n) is 13.0. The Hall–Kier alpha value is -0.870. The second-order valence-corrected chi connectivity index (χ2v) is 10.2. The van der Waals surface area contributed by atoms with Gasteiger partial charge in [-0.15, -0.1) is 0 Å². The van der Waals surface area contributed by atoms with Crippen LogP contribution in [-0.2, 0) is 20.9 Å². The van der Waals surface area contributed by atoms with E-state index in [9.17, 15) is 13.5 Å². The number of fused-ring (bicyclic) bond motifs is 2. The Morgan fingerprint density at radius 2 is 1.71 bits per heavy atom. The van der Waals surface area contributed by atoms with Gasteiger partial charge in [-0.2, -0.15) is 0 Å². The molecule has 0 saturated carbocycles. The monoisotopic (exact) mass is 308 g/mol.